The van der Waals surface area contributed by atoms with Gasteiger partial charge in [0.25, 0.3) is 25.2 Å². The van der Waals surface area contributed by atoms with E-state index in [9.17, 15) is 25.9 Å². The monoisotopic (exact) mass is 727 g/mol. The summed E-state index contributed by atoms with van der Waals surface area (Å²) in [5.74, 6) is -0.580. The normalized spacial score (nSPS) is 15.6. The first-order chi connectivity index (χ1) is 22.7. The number of thiazole rings is 1. The highest BCUT2D eigenvalue weighted by Gasteiger charge is 2.30. The standard InChI is InChI=1S/C36H42N2O6S4/c1-25-20-31-33(22-27(25)3)45-35(37(31)16-8-18-47(39,40)41)14-12-30(24-29-10-6-5-7-11-29)13-15-36-38(17-9-19-48(42,43)44)32-21-26(2)28(4)23-34(32)46-36/h5-7,10-14,20-23,36H,8-9,15-19,24H2,1-4H3,(H-,39,40,41,42,43,44)/p+1. The van der Waals surface area contributed by atoms with Crippen molar-refractivity contribution in [1.29, 1.82) is 0 Å². The Morgan fingerprint density at radius 1 is 0.875 bits per heavy atom. The van der Waals surface area contributed by atoms with E-state index in [0.717, 1.165) is 38.5 Å². The van der Waals surface area contributed by atoms with Gasteiger partial charge in [-0.05, 0) is 98.5 Å². The van der Waals surface area contributed by atoms with Crippen molar-refractivity contribution in [3.8, 4) is 0 Å². The molecule has 3 aromatic carbocycles. The Bertz CT molecular complexity index is 2070. The molecular weight excluding hydrogens is 685 g/mol. The minimum absolute atomic E-state index is 0.0578. The number of anilines is 1. The molecule has 0 spiro atoms. The van der Waals surface area contributed by atoms with E-state index in [0.29, 0.717) is 32.4 Å². The van der Waals surface area contributed by atoms with Crippen LogP contribution in [0.2, 0.25) is 0 Å². The van der Waals surface area contributed by atoms with Crippen molar-refractivity contribution in [2.45, 2.75) is 70.2 Å². The summed E-state index contributed by atoms with van der Waals surface area (Å²) in [4.78, 5) is 3.43. The third kappa shape index (κ3) is 9.58. The van der Waals surface area contributed by atoms with Gasteiger partial charge in [-0.25, -0.2) is 0 Å². The van der Waals surface area contributed by atoms with Gasteiger partial charge >= 0.3 is 0 Å². The highest BCUT2D eigenvalue weighted by atomic mass is 32.2. The molecule has 5 rings (SSSR count). The molecular formula is C36H43N2O6S4+. The van der Waals surface area contributed by atoms with E-state index in [1.165, 1.54) is 27.1 Å². The summed E-state index contributed by atoms with van der Waals surface area (Å²) < 4.78 is 68.0. The zero-order valence-corrected chi connectivity index (χ0v) is 31.0. The number of aryl methyl sites for hydroxylation is 5. The molecule has 1 aromatic heterocycles. The molecule has 4 aromatic rings. The topological polar surface area (TPSA) is 116 Å². The third-order valence-corrected chi connectivity index (χ3v) is 12.7. The van der Waals surface area contributed by atoms with Crippen LogP contribution in [0.3, 0.4) is 0 Å². The molecule has 8 nitrogen and oxygen atoms in total. The van der Waals surface area contributed by atoms with E-state index in [1.807, 2.05) is 18.2 Å². The lowest BCUT2D eigenvalue weighted by Gasteiger charge is -2.26. The summed E-state index contributed by atoms with van der Waals surface area (Å²) in [6, 6.07) is 19.0. The summed E-state index contributed by atoms with van der Waals surface area (Å²) in [7, 11) is -8.11. The second-order valence-electron chi connectivity index (χ2n) is 12.5. The van der Waals surface area contributed by atoms with Crippen LogP contribution in [0.5, 0.6) is 0 Å². The molecule has 12 heteroatoms. The Balaban J connectivity index is 1.47. The van der Waals surface area contributed by atoms with Gasteiger partial charge in [-0.3, -0.25) is 9.11 Å². The van der Waals surface area contributed by atoms with E-state index in [1.54, 1.807) is 23.1 Å². The molecule has 48 heavy (non-hydrogen) atoms. The van der Waals surface area contributed by atoms with Crippen molar-refractivity contribution in [1.82, 2.24) is 0 Å². The molecule has 2 heterocycles. The van der Waals surface area contributed by atoms with Crippen LogP contribution in [0.25, 0.3) is 16.3 Å². The van der Waals surface area contributed by atoms with Crippen LogP contribution >= 0.6 is 23.1 Å². The second-order valence-corrected chi connectivity index (χ2v) is 17.9. The van der Waals surface area contributed by atoms with Crippen LogP contribution in [0.15, 0.2) is 77.2 Å². The van der Waals surface area contributed by atoms with Crippen molar-refractivity contribution in [2.24, 2.45) is 0 Å². The molecule has 0 radical (unpaired) electrons. The van der Waals surface area contributed by atoms with E-state index >= 15 is 0 Å². The summed E-state index contributed by atoms with van der Waals surface area (Å²) >= 11 is 3.44. The molecule has 2 N–H and O–H groups in total. The zero-order valence-electron chi connectivity index (χ0n) is 27.7. The van der Waals surface area contributed by atoms with Gasteiger partial charge in [0.1, 0.15) is 4.70 Å². The fraction of sp³-hybridized carbons (Fsp3) is 0.361. The van der Waals surface area contributed by atoms with Crippen molar-refractivity contribution in [2.75, 3.05) is 23.0 Å². The van der Waals surface area contributed by atoms with Gasteiger partial charge in [-0.15, -0.1) is 0 Å². The predicted octanol–water partition coefficient (Wildman–Crippen LogP) is 7.49. The molecule has 1 aliphatic heterocycles. The van der Waals surface area contributed by atoms with Gasteiger partial charge in [0.15, 0.2) is 6.54 Å². The number of hydrogen-bond acceptors (Lipinski definition) is 7. The van der Waals surface area contributed by atoms with Crippen LogP contribution in [-0.2, 0) is 33.2 Å². The summed E-state index contributed by atoms with van der Waals surface area (Å²) in [6.07, 6.45) is 8.55. The predicted molar refractivity (Wildman–Crippen MR) is 198 cm³/mol. The van der Waals surface area contributed by atoms with Crippen molar-refractivity contribution in [3.05, 3.63) is 105 Å². The second kappa shape index (κ2) is 15.3. The van der Waals surface area contributed by atoms with E-state index in [4.69, 9.17) is 0 Å². The molecule has 0 amide bonds. The molecule has 0 saturated heterocycles. The smallest absolute Gasteiger partial charge is 0.265 e. The summed E-state index contributed by atoms with van der Waals surface area (Å²) in [5, 5.41) is 1.05. The molecule has 0 bridgehead atoms. The number of rotatable bonds is 14. The lowest BCUT2D eigenvalue weighted by molar-refractivity contribution is -0.668. The molecule has 0 fully saturated rings. The molecule has 256 valence electrons. The minimum atomic E-state index is -4.06. The zero-order chi connectivity index (χ0) is 34.6. The Labute approximate surface area is 292 Å². The molecule has 1 unspecified atom stereocenters. The lowest BCUT2D eigenvalue weighted by atomic mass is 10.0. The fourth-order valence-electron chi connectivity index (χ4n) is 5.89. The quantitative estimate of drug-likeness (QED) is 0.0781. The van der Waals surface area contributed by atoms with Gasteiger partial charge in [0.05, 0.1) is 22.6 Å². The first kappa shape index (κ1) is 36.3. The molecule has 1 aliphatic rings. The van der Waals surface area contributed by atoms with Crippen LogP contribution in [0.1, 0.15) is 52.1 Å². The number of allylic oxidation sites excluding steroid dienone is 2. The van der Waals surface area contributed by atoms with Gasteiger partial charge in [0, 0.05) is 30.0 Å². The first-order valence-corrected chi connectivity index (χ1v) is 20.9. The van der Waals surface area contributed by atoms with Crippen LogP contribution in [0.4, 0.5) is 5.69 Å². The number of benzene rings is 3. The van der Waals surface area contributed by atoms with E-state index < -0.39 is 20.2 Å². The Morgan fingerprint density at radius 3 is 2.23 bits per heavy atom. The highest BCUT2D eigenvalue weighted by Crippen LogP contribution is 2.46. The largest absolute Gasteiger partial charge is 0.358 e. The number of nitrogens with zero attached hydrogens (tertiary/aromatic N) is 2. The highest BCUT2D eigenvalue weighted by molar-refractivity contribution is 8.00. The van der Waals surface area contributed by atoms with Crippen molar-refractivity contribution < 1.29 is 30.5 Å². The third-order valence-electron chi connectivity index (χ3n) is 8.70. The maximum absolute atomic E-state index is 11.5. The average Bonchev–Trinajstić information content (AvgIpc) is 3.50. The van der Waals surface area contributed by atoms with Gasteiger partial charge < -0.3 is 4.90 Å². The minimum Gasteiger partial charge on any atom is -0.358 e. The van der Waals surface area contributed by atoms with E-state index in [2.05, 4.69) is 91.8 Å². The molecule has 0 aliphatic carbocycles. The number of thioether (sulfide) groups is 1. The average molecular weight is 728 g/mol. The molecule has 1 atom stereocenters. The van der Waals surface area contributed by atoms with E-state index in [-0.39, 0.29) is 16.9 Å². The Hall–Kier alpha value is -3.00. The summed E-state index contributed by atoms with van der Waals surface area (Å²) in [5.41, 5.74) is 9.17. The fourth-order valence-corrected chi connectivity index (χ4v) is 9.42. The number of aromatic nitrogens is 1. The SMILES string of the molecule is Cc1cc2c(cc1C)N(CCCS(=O)(=O)O)C(CC=C(C=Cc1sc3cc(C)c(C)cc3[n+]1CCCS(=O)(=O)O)Cc1ccccc1)S2. The van der Waals surface area contributed by atoms with Crippen LogP contribution < -0.4 is 9.47 Å². The van der Waals surface area contributed by atoms with Crippen molar-refractivity contribution >= 4 is 65.3 Å². The van der Waals surface area contributed by atoms with Gasteiger partial charge in [0.2, 0.25) is 5.52 Å². The van der Waals surface area contributed by atoms with Crippen LogP contribution in [0, 0.1) is 27.7 Å². The number of hydrogen-bond donors (Lipinski definition) is 2. The summed E-state index contributed by atoms with van der Waals surface area (Å²) in [6.45, 7) is 9.29. The maximum Gasteiger partial charge on any atom is 0.265 e. The van der Waals surface area contributed by atoms with Gasteiger partial charge in [-0.2, -0.15) is 21.4 Å². The maximum atomic E-state index is 11.5. The van der Waals surface area contributed by atoms with Crippen molar-refractivity contribution in [3.63, 3.8) is 0 Å². The Kier molecular flexibility index (Phi) is 11.5. The van der Waals surface area contributed by atoms with Crippen LogP contribution in [-0.4, -0.2) is 49.4 Å². The number of fused-ring (bicyclic) bond motifs is 2. The van der Waals surface area contributed by atoms with Gasteiger partial charge in [-0.1, -0.05) is 65.6 Å². The first-order valence-electron chi connectivity index (χ1n) is 16.0. The molecule has 0 saturated carbocycles. The Morgan fingerprint density at radius 2 is 1.52 bits per heavy atom. The lowest BCUT2D eigenvalue weighted by Crippen LogP contribution is -2.36.